The van der Waals surface area contributed by atoms with E-state index in [1.165, 1.54) is 0 Å². The Morgan fingerprint density at radius 2 is 1.90 bits per heavy atom. The maximum absolute atomic E-state index is 5.57. The van der Waals surface area contributed by atoms with Crippen LogP contribution in [0.5, 0.6) is 5.75 Å². The Morgan fingerprint density at radius 3 is 2.50 bits per heavy atom. The summed E-state index contributed by atoms with van der Waals surface area (Å²) in [5.41, 5.74) is 1.88. The summed E-state index contributed by atoms with van der Waals surface area (Å²) in [6, 6.07) is 7.86. The predicted octanol–water partition coefficient (Wildman–Crippen LogP) is 4.05. The van der Waals surface area contributed by atoms with Gasteiger partial charge in [0.1, 0.15) is 11.6 Å². The van der Waals surface area contributed by atoms with Crippen LogP contribution in [0.1, 0.15) is 19.0 Å². The Morgan fingerprint density at radius 1 is 1.20 bits per heavy atom. The fourth-order valence-electron chi connectivity index (χ4n) is 1.77. The third-order valence-electron chi connectivity index (χ3n) is 2.84. The van der Waals surface area contributed by atoms with Gasteiger partial charge in [-0.25, -0.2) is 9.97 Å². The first-order valence-corrected chi connectivity index (χ1v) is 7.40. The first-order valence-electron chi connectivity index (χ1n) is 6.60. The van der Waals surface area contributed by atoms with Crippen molar-refractivity contribution in [3.63, 3.8) is 0 Å². The van der Waals surface area contributed by atoms with E-state index in [0.717, 1.165) is 40.3 Å². The largest absolute Gasteiger partial charge is 0.494 e. The highest BCUT2D eigenvalue weighted by Gasteiger charge is 2.09. The third-order valence-corrected chi connectivity index (χ3v) is 3.79. The van der Waals surface area contributed by atoms with E-state index in [1.807, 2.05) is 38.2 Å². The van der Waals surface area contributed by atoms with Gasteiger partial charge in [0.25, 0.3) is 0 Å². The minimum Gasteiger partial charge on any atom is -0.494 e. The molecule has 0 saturated heterocycles. The third kappa shape index (κ3) is 3.28. The molecule has 0 atom stereocenters. The highest BCUT2D eigenvalue weighted by Crippen LogP contribution is 2.27. The molecule has 5 heteroatoms. The number of hydrogen-bond acceptors (Lipinski definition) is 4. The van der Waals surface area contributed by atoms with Crippen LogP contribution in [0.4, 0.5) is 5.82 Å². The average molecular weight is 336 g/mol. The number of halogens is 1. The van der Waals surface area contributed by atoms with E-state index in [-0.39, 0.29) is 0 Å². The second-order valence-corrected chi connectivity index (χ2v) is 5.21. The van der Waals surface area contributed by atoms with E-state index in [0.29, 0.717) is 5.82 Å². The van der Waals surface area contributed by atoms with Crippen LogP contribution < -0.4 is 10.1 Å². The van der Waals surface area contributed by atoms with Gasteiger partial charge in [0.05, 0.1) is 16.8 Å². The first-order chi connectivity index (χ1) is 9.65. The molecule has 2 rings (SSSR count). The number of anilines is 1. The molecule has 0 spiro atoms. The van der Waals surface area contributed by atoms with Gasteiger partial charge in [0.15, 0.2) is 5.82 Å². The summed E-state index contributed by atoms with van der Waals surface area (Å²) in [5.74, 6) is 2.37. The standard InChI is InChI=1S/C15H18BrN3O/c1-4-9-20-12-7-5-11(6-8-12)14-18-10(2)13(16)15(17-3)19-14/h5-8H,4,9H2,1-3H3,(H,17,18,19). The molecular weight excluding hydrogens is 318 g/mol. The number of benzene rings is 1. The van der Waals surface area contributed by atoms with Crippen molar-refractivity contribution in [2.75, 3.05) is 19.0 Å². The fourth-order valence-corrected chi connectivity index (χ4v) is 2.15. The van der Waals surface area contributed by atoms with E-state index in [2.05, 4.69) is 38.1 Å². The average Bonchev–Trinajstić information content (AvgIpc) is 2.48. The van der Waals surface area contributed by atoms with Crippen LogP contribution in [0, 0.1) is 6.92 Å². The van der Waals surface area contributed by atoms with Crippen LogP contribution in [0.2, 0.25) is 0 Å². The Labute approximate surface area is 127 Å². The van der Waals surface area contributed by atoms with Crippen molar-refractivity contribution in [2.45, 2.75) is 20.3 Å². The summed E-state index contributed by atoms with van der Waals surface area (Å²) in [4.78, 5) is 9.01. The molecule has 20 heavy (non-hydrogen) atoms. The topological polar surface area (TPSA) is 47.0 Å². The smallest absolute Gasteiger partial charge is 0.161 e. The van der Waals surface area contributed by atoms with Crippen LogP contribution >= 0.6 is 15.9 Å². The van der Waals surface area contributed by atoms with Gasteiger partial charge in [0.2, 0.25) is 0 Å². The lowest BCUT2D eigenvalue weighted by atomic mass is 10.2. The molecule has 0 fully saturated rings. The molecule has 0 radical (unpaired) electrons. The highest BCUT2D eigenvalue weighted by molar-refractivity contribution is 9.10. The Bertz CT molecular complexity index is 584. The Hall–Kier alpha value is -1.62. The summed E-state index contributed by atoms with van der Waals surface area (Å²) in [5, 5.41) is 3.06. The van der Waals surface area contributed by atoms with Gasteiger partial charge in [-0.1, -0.05) is 6.92 Å². The number of ether oxygens (including phenoxy) is 1. The molecule has 0 aliphatic heterocycles. The van der Waals surface area contributed by atoms with E-state index in [9.17, 15) is 0 Å². The quantitative estimate of drug-likeness (QED) is 0.895. The van der Waals surface area contributed by atoms with Crippen molar-refractivity contribution in [1.82, 2.24) is 9.97 Å². The number of aryl methyl sites for hydroxylation is 1. The van der Waals surface area contributed by atoms with Crippen LogP contribution in [0.15, 0.2) is 28.7 Å². The zero-order chi connectivity index (χ0) is 14.5. The summed E-state index contributed by atoms with van der Waals surface area (Å²) < 4.78 is 6.47. The maximum atomic E-state index is 5.57. The molecule has 1 aromatic heterocycles. The van der Waals surface area contributed by atoms with Gasteiger partial charge < -0.3 is 10.1 Å². The number of nitrogens with zero attached hydrogens (tertiary/aromatic N) is 2. The number of rotatable bonds is 5. The van der Waals surface area contributed by atoms with Gasteiger partial charge in [0, 0.05) is 12.6 Å². The highest BCUT2D eigenvalue weighted by atomic mass is 79.9. The van der Waals surface area contributed by atoms with Crippen LogP contribution in [0.25, 0.3) is 11.4 Å². The zero-order valence-corrected chi connectivity index (χ0v) is 13.5. The Balaban J connectivity index is 2.29. The summed E-state index contributed by atoms with van der Waals surface area (Å²) in [6.07, 6.45) is 1.00. The van der Waals surface area contributed by atoms with Gasteiger partial charge in [-0.15, -0.1) is 0 Å². The van der Waals surface area contributed by atoms with Gasteiger partial charge >= 0.3 is 0 Å². The minimum absolute atomic E-state index is 0.706. The molecule has 0 saturated carbocycles. The van der Waals surface area contributed by atoms with Crippen molar-refractivity contribution in [1.29, 1.82) is 0 Å². The van der Waals surface area contributed by atoms with Crippen molar-refractivity contribution in [3.8, 4) is 17.1 Å². The van der Waals surface area contributed by atoms with E-state index < -0.39 is 0 Å². The summed E-state index contributed by atoms with van der Waals surface area (Å²) in [7, 11) is 1.85. The lowest BCUT2D eigenvalue weighted by molar-refractivity contribution is 0.317. The predicted molar refractivity (Wildman–Crippen MR) is 85.2 cm³/mol. The van der Waals surface area contributed by atoms with Crippen molar-refractivity contribution < 1.29 is 4.74 Å². The maximum Gasteiger partial charge on any atom is 0.161 e. The molecule has 1 aromatic carbocycles. The summed E-state index contributed by atoms with van der Waals surface area (Å²) >= 11 is 3.48. The minimum atomic E-state index is 0.706. The van der Waals surface area contributed by atoms with Crippen molar-refractivity contribution in [3.05, 3.63) is 34.4 Å². The Kier molecular flexibility index (Phi) is 4.95. The molecule has 0 amide bonds. The molecule has 0 bridgehead atoms. The molecule has 106 valence electrons. The number of nitrogens with one attached hydrogen (secondary N) is 1. The molecule has 0 aliphatic carbocycles. The van der Waals surface area contributed by atoms with E-state index in [1.54, 1.807) is 0 Å². The number of hydrogen-bond donors (Lipinski definition) is 1. The second-order valence-electron chi connectivity index (χ2n) is 4.42. The molecule has 4 nitrogen and oxygen atoms in total. The molecule has 1 N–H and O–H groups in total. The van der Waals surface area contributed by atoms with E-state index in [4.69, 9.17) is 4.74 Å². The first kappa shape index (κ1) is 14.8. The van der Waals surface area contributed by atoms with Crippen LogP contribution in [0.3, 0.4) is 0 Å². The molecular formula is C15H18BrN3O. The monoisotopic (exact) mass is 335 g/mol. The van der Waals surface area contributed by atoms with Crippen molar-refractivity contribution >= 4 is 21.7 Å². The summed E-state index contributed by atoms with van der Waals surface area (Å²) in [6.45, 7) is 4.78. The van der Waals surface area contributed by atoms with Gasteiger partial charge in [-0.05, 0) is 53.5 Å². The molecule has 2 aromatic rings. The lowest BCUT2D eigenvalue weighted by Crippen LogP contribution is -2.01. The second kappa shape index (κ2) is 6.70. The zero-order valence-electron chi connectivity index (χ0n) is 11.9. The van der Waals surface area contributed by atoms with Crippen molar-refractivity contribution in [2.24, 2.45) is 0 Å². The normalized spacial score (nSPS) is 10.4. The van der Waals surface area contributed by atoms with Crippen LogP contribution in [-0.2, 0) is 0 Å². The number of aromatic nitrogens is 2. The molecule has 0 aliphatic rings. The molecule has 0 unspecified atom stereocenters. The van der Waals surface area contributed by atoms with Gasteiger partial charge in [-0.2, -0.15) is 0 Å². The SMILES string of the molecule is CCCOc1ccc(-c2nc(C)c(Br)c(NC)n2)cc1. The fraction of sp³-hybridized carbons (Fsp3) is 0.333. The lowest BCUT2D eigenvalue weighted by Gasteiger charge is -2.09. The molecule has 1 heterocycles. The van der Waals surface area contributed by atoms with Gasteiger partial charge in [-0.3, -0.25) is 0 Å². The van der Waals surface area contributed by atoms with E-state index >= 15 is 0 Å². The van der Waals surface area contributed by atoms with Crippen LogP contribution in [-0.4, -0.2) is 23.6 Å².